The van der Waals surface area contributed by atoms with Gasteiger partial charge in [0.2, 0.25) is 0 Å². The molecule has 0 saturated carbocycles. The highest BCUT2D eigenvalue weighted by molar-refractivity contribution is 9.10. The van der Waals surface area contributed by atoms with Crippen LogP contribution in [-0.4, -0.2) is 23.3 Å². The summed E-state index contributed by atoms with van der Waals surface area (Å²) < 4.78 is 6.36. The number of ketones is 1. The van der Waals surface area contributed by atoms with Crippen LogP contribution in [0.2, 0.25) is 0 Å². The number of hydrogen-bond acceptors (Lipinski definition) is 4. The Balaban J connectivity index is 1.53. The number of halogens is 1. The highest BCUT2D eigenvalue weighted by Crippen LogP contribution is 2.27. The van der Waals surface area contributed by atoms with E-state index in [4.69, 9.17) is 9.72 Å². The normalized spacial score (nSPS) is 11.0. The first-order valence-corrected chi connectivity index (χ1v) is 13.7. The van der Waals surface area contributed by atoms with E-state index in [-0.39, 0.29) is 12.4 Å². The van der Waals surface area contributed by atoms with Crippen LogP contribution in [0.3, 0.4) is 0 Å². The molecule has 3 aromatic carbocycles. The van der Waals surface area contributed by atoms with Gasteiger partial charge in [-0.1, -0.05) is 96.6 Å². The SMILES string of the molecule is CCCCCCCc1ccc(-c2cc(C(=O)OCC(=O)c3ccc(Br)cc3)c3cc(C)ccc3n2)cc1. The van der Waals surface area contributed by atoms with Gasteiger partial charge in [-0.2, -0.15) is 0 Å². The summed E-state index contributed by atoms with van der Waals surface area (Å²) in [4.78, 5) is 30.6. The number of esters is 1. The van der Waals surface area contributed by atoms with Gasteiger partial charge in [-0.15, -0.1) is 0 Å². The Morgan fingerprint density at radius 2 is 1.59 bits per heavy atom. The fourth-order valence-electron chi connectivity index (χ4n) is 4.36. The van der Waals surface area contributed by atoms with Crippen molar-refractivity contribution in [1.29, 1.82) is 0 Å². The average Bonchev–Trinajstić information content (AvgIpc) is 2.91. The molecule has 0 unspecified atom stereocenters. The highest BCUT2D eigenvalue weighted by atomic mass is 79.9. The number of pyridine rings is 1. The van der Waals surface area contributed by atoms with Crippen molar-refractivity contribution in [3.63, 3.8) is 0 Å². The zero-order valence-electron chi connectivity index (χ0n) is 21.4. The Kier molecular flexibility index (Phi) is 9.24. The monoisotopic (exact) mass is 557 g/mol. The standard InChI is InChI=1S/C32H32BrNO3/c1-3-4-5-6-7-8-23-10-12-24(13-11-23)30-20-28(27-19-22(2)9-18-29(27)34-30)32(36)37-21-31(35)25-14-16-26(33)17-15-25/h9-20H,3-8,21H2,1-2H3. The first kappa shape index (κ1) is 26.7. The molecule has 0 radical (unpaired) electrons. The summed E-state index contributed by atoms with van der Waals surface area (Å²) in [5.74, 6) is -0.783. The number of Topliss-reactive ketones (excluding diaryl/α,β-unsaturated/α-hetero) is 1. The molecule has 4 aromatic rings. The van der Waals surface area contributed by atoms with Gasteiger partial charge in [0, 0.05) is 21.0 Å². The zero-order chi connectivity index (χ0) is 26.2. The molecular weight excluding hydrogens is 526 g/mol. The molecule has 0 amide bonds. The highest BCUT2D eigenvalue weighted by Gasteiger charge is 2.17. The van der Waals surface area contributed by atoms with E-state index in [0.29, 0.717) is 27.7 Å². The quantitative estimate of drug-likeness (QED) is 0.105. The van der Waals surface area contributed by atoms with E-state index < -0.39 is 5.97 Å². The van der Waals surface area contributed by atoms with Crippen molar-refractivity contribution in [3.8, 4) is 11.3 Å². The molecule has 0 saturated heterocycles. The molecule has 0 aliphatic carbocycles. The lowest BCUT2D eigenvalue weighted by Gasteiger charge is -2.11. The zero-order valence-corrected chi connectivity index (χ0v) is 23.0. The summed E-state index contributed by atoms with van der Waals surface area (Å²) in [5.41, 5.74) is 5.60. The van der Waals surface area contributed by atoms with Crippen LogP contribution in [0.15, 0.2) is 77.3 Å². The second-order valence-corrected chi connectivity index (χ2v) is 10.4. The van der Waals surface area contributed by atoms with Gasteiger partial charge in [0.05, 0.1) is 16.8 Å². The van der Waals surface area contributed by atoms with Crippen LogP contribution in [0.5, 0.6) is 0 Å². The van der Waals surface area contributed by atoms with Crippen LogP contribution < -0.4 is 0 Å². The fraction of sp³-hybridized carbons (Fsp3) is 0.281. The number of carbonyl (C=O) groups is 2. The second-order valence-electron chi connectivity index (χ2n) is 9.44. The minimum atomic E-state index is -0.534. The predicted octanol–water partition coefficient (Wildman–Crippen LogP) is 8.53. The summed E-state index contributed by atoms with van der Waals surface area (Å²) in [6, 6.07) is 23.0. The third-order valence-electron chi connectivity index (χ3n) is 6.50. The van der Waals surface area contributed by atoms with Crippen LogP contribution in [-0.2, 0) is 11.2 Å². The van der Waals surface area contributed by atoms with Gasteiger partial charge in [0.15, 0.2) is 12.4 Å². The number of ether oxygens (including phenoxy) is 1. The first-order chi connectivity index (χ1) is 17.9. The summed E-state index contributed by atoms with van der Waals surface area (Å²) in [7, 11) is 0. The summed E-state index contributed by atoms with van der Waals surface area (Å²) in [6.07, 6.45) is 7.37. The van der Waals surface area contributed by atoms with Gasteiger partial charge in [0.25, 0.3) is 0 Å². The molecule has 0 spiro atoms. The number of aryl methyl sites for hydroxylation is 2. The Morgan fingerprint density at radius 1 is 0.865 bits per heavy atom. The van der Waals surface area contributed by atoms with Crippen molar-refractivity contribution < 1.29 is 14.3 Å². The average molecular weight is 559 g/mol. The Bertz CT molecular complexity index is 1380. The third kappa shape index (κ3) is 7.14. The number of benzene rings is 3. The maximum absolute atomic E-state index is 13.2. The second kappa shape index (κ2) is 12.8. The van der Waals surface area contributed by atoms with Crippen molar-refractivity contribution in [1.82, 2.24) is 4.98 Å². The molecule has 4 nitrogen and oxygen atoms in total. The first-order valence-electron chi connectivity index (χ1n) is 12.9. The predicted molar refractivity (Wildman–Crippen MR) is 153 cm³/mol. The van der Waals surface area contributed by atoms with Crippen LogP contribution >= 0.6 is 15.9 Å². The fourth-order valence-corrected chi connectivity index (χ4v) is 4.62. The van der Waals surface area contributed by atoms with E-state index in [1.807, 2.05) is 25.1 Å². The molecule has 4 rings (SSSR count). The smallest absolute Gasteiger partial charge is 0.339 e. The molecule has 37 heavy (non-hydrogen) atoms. The van der Waals surface area contributed by atoms with Crippen molar-refractivity contribution in [2.75, 3.05) is 6.61 Å². The summed E-state index contributed by atoms with van der Waals surface area (Å²) in [6.45, 7) is 3.88. The lowest BCUT2D eigenvalue weighted by molar-refractivity contribution is 0.0476. The molecular formula is C32H32BrNO3. The van der Waals surface area contributed by atoms with Gasteiger partial charge in [-0.3, -0.25) is 4.79 Å². The number of unbranched alkanes of at least 4 members (excludes halogenated alkanes) is 4. The molecule has 1 heterocycles. The minimum Gasteiger partial charge on any atom is -0.454 e. The van der Waals surface area contributed by atoms with E-state index in [0.717, 1.165) is 22.0 Å². The van der Waals surface area contributed by atoms with Crippen molar-refractivity contribution in [3.05, 3.63) is 99.5 Å². The maximum Gasteiger partial charge on any atom is 0.339 e. The molecule has 0 bridgehead atoms. The van der Waals surface area contributed by atoms with Gasteiger partial charge in [-0.25, -0.2) is 9.78 Å². The molecule has 0 fully saturated rings. The van der Waals surface area contributed by atoms with E-state index in [9.17, 15) is 9.59 Å². The number of hydrogen-bond donors (Lipinski definition) is 0. The van der Waals surface area contributed by atoms with Crippen LogP contribution in [0.25, 0.3) is 22.2 Å². The molecule has 1 aromatic heterocycles. The largest absolute Gasteiger partial charge is 0.454 e. The lowest BCUT2D eigenvalue weighted by atomic mass is 10.0. The van der Waals surface area contributed by atoms with Gasteiger partial charge in [0.1, 0.15) is 0 Å². The van der Waals surface area contributed by atoms with E-state index in [1.54, 1.807) is 30.3 Å². The van der Waals surface area contributed by atoms with Crippen molar-refractivity contribution in [2.45, 2.75) is 52.4 Å². The minimum absolute atomic E-state index is 0.249. The van der Waals surface area contributed by atoms with Crippen LogP contribution in [0.1, 0.15) is 70.9 Å². The Labute approximate surface area is 227 Å². The molecule has 0 aliphatic rings. The Morgan fingerprint density at radius 3 is 2.32 bits per heavy atom. The van der Waals surface area contributed by atoms with Gasteiger partial charge < -0.3 is 4.74 Å². The molecule has 0 aliphatic heterocycles. The lowest BCUT2D eigenvalue weighted by Crippen LogP contribution is -2.15. The van der Waals surface area contributed by atoms with Gasteiger partial charge >= 0.3 is 5.97 Å². The van der Waals surface area contributed by atoms with Crippen molar-refractivity contribution in [2.24, 2.45) is 0 Å². The maximum atomic E-state index is 13.2. The topological polar surface area (TPSA) is 56.3 Å². The number of aromatic nitrogens is 1. The molecule has 0 N–H and O–H groups in total. The van der Waals surface area contributed by atoms with E-state index >= 15 is 0 Å². The number of fused-ring (bicyclic) bond motifs is 1. The number of nitrogens with zero attached hydrogens (tertiary/aromatic N) is 1. The number of rotatable bonds is 11. The van der Waals surface area contributed by atoms with E-state index in [1.165, 1.54) is 37.7 Å². The van der Waals surface area contributed by atoms with Crippen molar-refractivity contribution >= 4 is 38.6 Å². The molecule has 0 atom stereocenters. The molecule has 5 heteroatoms. The Hall–Kier alpha value is -3.31. The summed E-state index contributed by atoms with van der Waals surface area (Å²) in [5, 5.41) is 0.716. The third-order valence-corrected chi connectivity index (χ3v) is 7.03. The van der Waals surface area contributed by atoms with Crippen LogP contribution in [0, 0.1) is 6.92 Å². The van der Waals surface area contributed by atoms with Crippen LogP contribution in [0.4, 0.5) is 0 Å². The molecule has 190 valence electrons. The summed E-state index contributed by atoms with van der Waals surface area (Å²) >= 11 is 3.36. The van der Waals surface area contributed by atoms with Gasteiger partial charge in [-0.05, 0) is 55.7 Å². The number of carbonyl (C=O) groups excluding carboxylic acids is 2. The van der Waals surface area contributed by atoms with E-state index in [2.05, 4.69) is 47.1 Å².